The summed E-state index contributed by atoms with van der Waals surface area (Å²) in [6, 6.07) is 10.3. The van der Waals surface area contributed by atoms with Gasteiger partial charge in [-0.05, 0) is 42.3 Å². The molecule has 2 amide bonds. The second-order valence-corrected chi connectivity index (χ2v) is 9.40. The number of piperidine rings is 1. The minimum absolute atomic E-state index is 0.156. The van der Waals surface area contributed by atoms with Crippen LogP contribution in [0.3, 0.4) is 0 Å². The lowest BCUT2D eigenvalue weighted by Crippen LogP contribution is -2.52. The number of aliphatic carboxylic acids is 1. The Morgan fingerprint density at radius 2 is 1.91 bits per heavy atom. The van der Waals surface area contributed by atoms with E-state index in [0.717, 1.165) is 16.7 Å². The number of carbonyl (C=O) groups excluding carboxylic acids is 2. The maximum absolute atomic E-state index is 13.4. The third kappa shape index (κ3) is 5.66. The topological polar surface area (TPSA) is 112 Å². The lowest BCUT2D eigenvalue weighted by molar-refractivity contribution is -0.146. The predicted molar refractivity (Wildman–Crippen MR) is 128 cm³/mol. The molecule has 1 aliphatic heterocycles. The zero-order valence-corrected chi connectivity index (χ0v) is 19.6. The Hall–Kier alpha value is -3.59. The molecular weight excluding hydrogens is 452 g/mol. The quantitative estimate of drug-likeness (QED) is 0.539. The number of nitrogens with one attached hydrogen (secondary N) is 1. The Bertz CT molecular complexity index is 1150. The van der Waals surface area contributed by atoms with Crippen LogP contribution < -0.4 is 5.32 Å². The van der Waals surface area contributed by atoms with Crippen LogP contribution in [-0.4, -0.2) is 56.9 Å². The molecule has 2 aromatic heterocycles. The van der Waals surface area contributed by atoms with Gasteiger partial charge in [0.2, 0.25) is 5.91 Å². The number of thiophene rings is 1. The first-order valence-electron chi connectivity index (χ1n) is 11.1. The number of aromatic nitrogens is 2. The van der Waals surface area contributed by atoms with Crippen molar-refractivity contribution in [3.63, 3.8) is 0 Å². The van der Waals surface area contributed by atoms with Crippen LogP contribution in [0.25, 0.3) is 11.4 Å². The normalized spacial score (nSPS) is 16.6. The van der Waals surface area contributed by atoms with Gasteiger partial charge in [-0.25, -0.2) is 9.97 Å². The number of likely N-dealkylation sites (tertiary alicyclic amines) is 1. The molecule has 3 aromatic rings. The van der Waals surface area contributed by atoms with E-state index < -0.39 is 17.9 Å². The molecule has 4 rings (SSSR count). The summed E-state index contributed by atoms with van der Waals surface area (Å²) in [6.07, 6.45) is 4.98. The van der Waals surface area contributed by atoms with Crippen LogP contribution in [0.15, 0.2) is 54.2 Å². The standard InChI is InChI=1S/C25H26N4O4S/c1-16-13-26-22(27-14-16)18-8-6-17(7-9-18)12-20(28-23(30)21-5-3-11-34-21)24(31)29-10-2-4-19(15-29)25(32)33/h3,5-9,11,13-14,19-20H,2,4,10,12,15H2,1H3,(H,28,30)(H,32,33). The molecule has 1 fully saturated rings. The Morgan fingerprint density at radius 1 is 1.18 bits per heavy atom. The SMILES string of the molecule is Cc1cnc(-c2ccc(CC(NC(=O)c3cccs3)C(=O)N3CCCC(C(=O)O)C3)cc2)nc1. The second kappa shape index (κ2) is 10.6. The molecule has 2 atom stereocenters. The molecule has 8 nitrogen and oxygen atoms in total. The summed E-state index contributed by atoms with van der Waals surface area (Å²) in [6.45, 7) is 2.57. The summed E-state index contributed by atoms with van der Waals surface area (Å²) in [4.78, 5) is 48.4. The van der Waals surface area contributed by atoms with E-state index in [4.69, 9.17) is 0 Å². The summed E-state index contributed by atoms with van der Waals surface area (Å²) >= 11 is 1.30. The molecule has 1 aromatic carbocycles. The van der Waals surface area contributed by atoms with Crippen molar-refractivity contribution in [1.82, 2.24) is 20.2 Å². The van der Waals surface area contributed by atoms with Crippen LogP contribution in [0, 0.1) is 12.8 Å². The largest absolute Gasteiger partial charge is 0.481 e. The molecule has 0 saturated carbocycles. The van der Waals surface area contributed by atoms with Crippen LogP contribution in [0.1, 0.15) is 33.6 Å². The number of carbonyl (C=O) groups is 3. The Labute approximate surface area is 201 Å². The van der Waals surface area contributed by atoms with Gasteiger partial charge in [0.1, 0.15) is 6.04 Å². The number of aryl methyl sites for hydroxylation is 1. The van der Waals surface area contributed by atoms with Crippen molar-refractivity contribution in [3.05, 3.63) is 70.2 Å². The zero-order chi connectivity index (χ0) is 24.1. The molecule has 1 aliphatic rings. The van der Waals surface area contributed by atoms with Crippen molar-refractivity contribution in [2.45, 2.75) is 32.2 Å². The van der Waals surface area contributed by atoms with Crippen molar-refractivity contribution in [2.75, 3.05) is 13.1 Å². The van der Waals surface area contributed by atoms with E-state index in [0.29, 0.717) is 36.5 Å². The van der Waals surface area contributed by atoms with E-state index >= 15 is 0 Å². The van der Waals surface area contributed by atoms with Gasteiger partial charge in [-0.2, -0.15) is 0 Å². The van der Waals surface area contributed by atoms with Gasteiger partial charge in [0, 0.05) is 37.5 Å². The Kier molecular flexibility index (Phi) is 7.32. The van der Waals surface area contributed by atoms with Crippen LogP contribution >= 0.6 is 11.3 Å². The van der Waals surface area contributed by atoms with E-state index in [1.165, 1.54) is 11.3 Å². The number of benzene rings is 1. The van der Waals surface area contributed by atoms with Crippen molar-refractivity contribution in [2.24, 2.45) is 5.92 Å². The summed E-state index contributed by atoms with van der Waals surface area (Å²) < 4.78 is 0. The fraction of sp³-hybridized carbons (Fsp3) is 0.320. The zero-order valence-electron chi connectivity index (χ0n) is 18.8. The number of carboxylic acid groups (broad SMARTS) is 1. The van der Waals surface area contributed by atoms with E-state index in [9.17, 15) is 19.5 Å². The van der Waals surface area contributed by atoms with E-state index in [-0.39, 0.29) is 18.4 Å². The van der Waals surface area contributed by atoms with Crippen LogP contribution in [-0.2, 0) is 16.0 Å². The van der Waals surface area contributed by atoms with E-state index in [1.807, 2.05) is 31.2 Å². The van der Waals surface area contributed by atoms with Crippen LogP contribution in [0.4, 0.5) is 0 Å². The van der Waals surface area contributed by atoms with E-state index in [1.54, 1.807) is 34.8 Å². The minimum Gasteiger partial charge on any atom is -0.481 e. The Morgan fingerprint density at radius 3 is 2.56 bits per heavy atom. The molecule has 0 radical (unpaired) electrons. The fourth-order valence-electron chi connectivity index (χ4n) is 4.00. The maximum Gasteiger partial charge on any atom is 0.308 e. The van der Waals surface area contributed by atoms with Crippen molar-refractivity contribution >= 4 is 29.1 Å². The molecule has 3 heterocycles. The molecule has 34 heavy (non-hydrogen) atoms. The highest BCUT2D eigenvalue weighted by Gasteiger charge is 2.32. The van der Waals surface area contributed by atoms with Crippen molar-refractivity contribution < 1.29 is 19.5 Å². The van der Waals surface area contributed by atoms with Gasteiger partial charge in [-0.3, -0.25) is 14.4 Å². The maximum atomic E-state index is 13.4. The van der Waals surface area contributed by atoms with Gasteiger partial charge in [0.25, 0.3) is 5.91 Å². The smallest absolute Gasteiger partial charge is 0.308 e. The highest BCUT2D eigenvalue weighted by Crippen LogP contribution is 2.20. The summed E-state index contributed by atoms with van der Waals surface area (Å²) in [7, 11) is 0. The predicted octanol–water partition coefficient (Wildman–Crippen LogP) is 3.18. The molecule has 1 saturated heterocycles. The summed E-state index contributed by atoms with van der Waals surface area (Å²) in [5.41, 5.74) is 2.70. The molecular formula is C25H26N4O4S. The van der Waals surface area contributed by atoms with Gasteiger partial charge < -0.3 is 15.3 Å². The Balaban J connectivity index is 1.52. The second-order valence-electron chi connectivity index (χ2n) is 8.45. The number of rotatable bonds is 7. The van der Waals surface area contributed by atoms with Crippen LogP contribution in [0.2, 0.25) is 0 Å². The first kappa shape index (κ1) is 23.6. The monoisotopic (exact) mass is 478 g/mol. The summed E-state index contributed by atoms with van der Waals surface area (Å²) in [5, 5.41) is 14.1. The third-order valence-electron chi connectivity index (χ3n) is 5.86. The number of amides is 2. The van der Waals surface area contributed by atoms with Gasteiger partial charge in [-0.1, -0.05) is 30.3 Å². The first-order valence-corrected chi connectivity index (χ1v) is 12.0. The average molecular weight is 479 g/mol. The average Bonchev–Trinajstić information content (AvgIpc) is 3.39. The molecule has 176 valence electrons. The molecule has 2 unspecified atom stereocenters. The number of hydrogen-bond acceptors (Lipinski definition) is 6. The van der Waals surface area contributed by atoms with Gasteiger partial charge >= 0.3 is 5.97 Å². The first-order chi connectivity index (χ1) is 16.4. The molecule has 0 spiro atoms. The molecule has 9 heteroatoms. The number of carboxylic acids is 1. The number of hydrogen-bond donors (Lipinski definition) is 2. The molecule has 0 bridgehead atoms. The van der Waals surface area contributed by atoms with Crippen molar-refractivity contribution in [3.8, 4) is 11.4 Å². The lowest BCUT2D eigenvalue weighted by Gasteiger charge is -2.33. The van der Waals surface area contributed by atoms with Crippen LogP contribution in [0.5, 0.6) is 0 Å². The molecule has 2 N–H and O–H groups in total. The van der Waals surface area contributed by atoms with Crippen molar-refractivity contribution in [1.29, 1.82) is 0 Å². The third-order valence-corrected chi connectivity index (χ3v) is 6.73. The summed E-state index contributed by atoms with van der Waals surface area (Å²) in [5.74, 6) is -1.44. The highest BCUT2D eigenvalue weighted by atomic mass is 32.1. The number of nitrogens with zero attached hydrogens (tertiary/aromatic N) is 3. The minimum atomic E-state index is -0.898. The molecule has 0 aliphatic carbocycles. The van der Waals surface area contributed by atoms with E-state index in [2.05, 4.69) is 15.3 Å². The highest BCUT2D eigenvalue weighted by molar-refractivity contribution is 7.12. The van der Waals surface area contributed by atoms with Gasteiger partial charge in [-0.15, -0.1) is 11.3 Å². The fourth-order valence-corrected chi connectivity index (χ4v) is 4.63. The van der Waals surface area contributed by atoms with Gasteiger partial charge in [0.15, 0.2) is 5.82 Å². The van der Waals surface area contributed by atoms with Gasteiger partial charge in [0.05, 0.1) is 10.8 Å². The lowest BCUT2D eigenvalue weighted by atomic mass is 9.96.